The molecular formula is C12H19N3O3. The summed E-state index contributed by atoms with van der Waals surface area (Å²) < 4.78 is 0. The number of carbonyl (C=O) groups excluding carboxylic acids is 3. The molecule has 2 aliphatic rings. The number of nitrogens with zero attached hydrogens (tertiary/aromatic N) is 1. The van der Waals surface area contributed by atoms with E-state index in [9.17, 15) is 14.4 Å². The van der Waals surface area contributed by atoms with E-state index in [-0.39, 0.29) is 11.8 Å². The van der Waals surface area contributed by atoms with Crippen LogP contribution in [-0.2, 0) is 9.59 Å². The van der Waals surface area contributed by atoms with Gasteiger partial charge in [-0.15, -0.1) is 0 Å². The van der Waals surface area contributed by atoms with Gasteiger partial charge in [0, 0.05) is 6.54 Å². The Morgan fingerprint density at radius 1 is 1.28 bits per heavy atom. The highest BCUT2D eigenvalue weighted by molar-refractivity contribution is 6.19. The summed E-state index contributed by atoms with van der Waals surface area (Å²) in [6.45, 7) is 5.30. The van der Waals surface area contributed by atoms with Gasteiger partial charge in [0.1, 0.15) is 5.41 Å². The van der Waals surface area contributed by atoms with Gasteiger partial charge in [0.25, 0.3) is 0 Å². The lowest BCUT2D eigenvalue weighted by molar-refractivity contribution is -0.154. The van der Waals surface area contributed by atoms with Crippen LogP contribution in [0.15, 0.2) is 0 Å². The SMILES string of the molecule is CCN1C(=O)NC(=O)C(C)(C2CCNCC2)C1=O. The molecule has 2 aliphatic heterocycles. The Kier molecular flexibility index (Phi) is 3.38. The molecule has 1 atom stereocenters. The first-order valence-corrected chi connectivity index (χ1v) is 6.40. The average molecular weight is 253 g/mol. The van der Waals surface area contributed by atoms with Gasteiger partial charge in [0.05, 0.1) is 0 Å². The molecular weight excluding hydrogens is 234 g/mol. The summed E-state index contributed by atoms with van der Waals surface area (Å²) in [6, 6.07) is -0.598. The van der Waals surface area contributed by atoms with E-state index in [2.05, 4.69) is 10.6 Å². The van der Waals surface area contributed by atoms with Crippen molar-refractivity contribution in [2.75, 3.05) is 19.6 Å². The van der Waals surface area contributed by atoms with Crippen LogP contribution in [0.2, 0.25) is 0 Å². The molecule has 2 N–H and O–H groups in total. The Morgan fingerprint density at radius 2 is 1.89 bits per heavy atom. The minimum absolute atomic E-state index is 0.00611. The van der Waals surface area contributed by atoms with E-state index in [1.807, 2.05) is 0 Å². The Bertz CT molecular complexity index is 390. The quantitative estimate of drug-likeness (QED) is 0.684. The summed E-state index contributed by atoms with van der Waals surface area (Å²) in [5.41, 5.74) is -1.11. The maximum Gasteiger partial charge on any atom is 0.330 e. The number of barbiturate groups is 1. The van der Waals surface area contributed by atoms with E-state index in [4.69, 9.17) is 0 Å². The molecule has 0 aromatic heterocycles. The fraction of sp³-hybridized carbons (Fsp3) is 0.750. The van der Waals surface area contributed by atoms with Crippen molar-refractivity contribution in [3.05, 3.63) is 0 Å². The summed E-state index contributed by atoms with van der Waals surface area (Å²) in [4.78, 5) is 37.2. The van der Waals surface area contributed by atoms with Crippen LogP contribution in [0, 0.1) is 11.3 Å². The monoisotopic (exact) mass is 253 g/mol. The zero-order chi connectivity index (χ0) is 13.3. The first-order chi connectivity index (χ1) is 8.51. The number of hydrogen-bond acceptors (Lipinski definition) is 4. The van der Waals surface area contributed by atoms with Gasteiger partial charge in [-0.1, -0.05) is 0 Å². The predicted octanol–water partition coefficient (Wildman–Crippen LogP) is 0.0906. The third-order valence-electron chi connectivity index (χ3n) is 4.10. The summed E-state index contributed by atoms with van der Waals surface area (Å²) in [5, 5.41) is 5.52. The topological polar surface area (TPSA) is 78.5 Å². The van der Waals surface area contributed by atoms with Crippen LogP contribution in [0.1, 0.15) is 26.7 Å². The minimum atomic E-state index is -1.11. The van der Waals surface area contributed by atoms with Crippen molar-refractivity contribution in [3.8, 4) is 0 Å². The number of nitrogens with one attached hydrogen (secondary N) is 2. The molecule has 2 saturated heterocycles. The number of amides is 4. The molecule has 4 amide bonds. The molecule has 2 heterocycles. The maximum atomic E-state index is 12.4. The van der Waals surface area contributed by atoms with Gasteiger partial charge in [-0.05, 0) is 45.7 Å². The first-order valence-electron chi connectivity index (χ1n) is 6.40. The number of urea groups is 1. The molecule has 0 radical (unpaired) electrons. The van der Waals surface area contributed by atoms with Crippen molar-refractivity contribution < 1.29 is 14.4 Å². The van der Waals surface area contributed by atoms with E-state index in [1.54, 1.807) is 13.8 Å². The maximum absolute atomic E-state index is 12.4. The smallest absolute Gasteiger partial charge is 0.317 e. The Hall–Kier alpha value is -1.43. The molecule has 0 aromatic carbocycles. The lowest BCUT2D eigenvalue weighted by atomic mass is 9.70. The van der Waals surface area contributed by atoms with Crippen LogP contribution in [0.4, 0.5) is 4.79 Å². The summed E-state index contributed by atoms with van der Waals surface area (Å²) in [6.07, 6.45) is 1.56. The lowest BCUT2D eigenvalue weighted by Gasteiger charge is -2.42. The molecule has 0 saturated carbocycles. The van der Waals surface area contributed by atoms with Gasteiger partial charge >= 0.3 is 6.03 Å². The van der Waals surface area contributed by atoms with E-state index >= 15 is 0 Å². The van der Waals surface area contributed by atoms with Gasteiger partial charge in [0.2, 0.25) is 11.8 Å². The zero-order valence-electron chi connectivity index (χ0n) is 10.8. The van der Waals surface area contributed by atoms with Crippen molar-refractivity contribution in [1.82, 2.24) is 15.5 Å². The van der Waals surface area contributed by atoms with Crippen molar-refractivity contribution in [3.63, 3.8) is 0 Å². The summed E-state index contributed by atoms with van der Waals surface area (Å²) >= 11 is 0. The fourth-order valence-electron chi connectivity index (χ4n) is 2.81. The zero-order valence-corrected chi connectivity index (χ0v) is 10.8. The Morgan fingerprint density at radius 3 is 2.44 bits per heavy atom. The minimum Gasteiger partial charge on any atom is -0.317 e. The molecule has 1 unspecified atom stereocenters. The van der Waals surface area contributed by atoms with Crippen LogP contribution in [0.5, 0.6) is 0 Å². The van der Waals surface area contributed by atoms with Crippen LogP contribution in [0.3, 0.4) is 0 Å². The van der Waals surface area contributed by atoms with E-state index in [1.165, 1.54) is 0 Å². The Balaban J connectivity index is 2.30. The number of hydrogen-bond donors (Lipinski definition) is 2. The molecule has 2 rings (SSSR count). The second kappa shape index (κ2) is 4.68. The van der Waals surface area contributed by atoms with Gasteiger partial charge < -0.3 is 5.32 Å². The number of carbonyl (C=O) groups is 3. The molecule has 6 heteroatoms. The largest absolute Gasteiger partial charge is 0.330 e. The van der Waals surface area contributed by atoms with Crippen LogP contribution in [-0.4, -0.2) is 42.4 Å². The summed E-state index contributed by atoms with van der Waals surface area (Å²) in [7, 11) is 0. The Labute approximate surface area is 106 Å². The molecule has 0 spiro atoms. The second-order valence-corrected chi connectivity index (χ2v) is 5.04. The van der Waals surface area contributed by atoms with Gasteiger partial charge in [-0.3, -0.25) is 19.8 Å². The molecule has 0 bridgehead atoms. The predicted molar refractivity (Wildman–Crippen MR) is 64.6 cm³/mol. The van der Waals surface area contributed by atoms with E-state index < -0.39 is 17.4 Å². The van der Waals surface area contributed by atoms with Gasteiger partial charge in [-0.25, -0.2) is 4.79 Å². The second-order valence-electron chi connectivity index (χ2n) is 5.04. The highest BCUT2D eigenvalue weighted by atomic mass is 16.2. The molecule has 0 aromatic rings. The van der Waals surface area contributed by atoms with Crippen LogP contribution >= 0.6 is 0 Å². The number of piperidine rings is 1. The fourth-order valence-corrected chi connectivity index (χ4v) is 2.81. The van der Waals surface area contributed by atoms with Crippen LogP contribution < -0.4 is 10.6 Å². The number of rotatable bonds is 2. The van der Waals surface area contributed by atoms with Gasteiger partial charge in [-0.2, -0.15) is 0 Å². The third kappa shape index (κ3) is 1.80. The van der Waals surface area contributed by atoms with Crippen molar-refractivity contribution in [2.45, 2.75) is 26.7 Å². The summed E-state index contributed by atoms with van der Waals surface area (Å²) in [5.74, 6) is -0.812. The lowest BCUT2D eigenvalue weighted by Crippen LogP contribution is -2.65. The highest BCUT2D eigenvalue weighted by Crippen LogP contribution is 2.37. The van der Waals surface area contributed by atoms with Crippen molar-refractivity contribution in [1.29, 1.82) is 0 Å². The van der Waals surface area contributed by atoms with Gasteiger partial charge in [0.15, 0.2) is 0 Å². The van der Waals surface area contributed by atoms with E-state index in [0.29, 0.717) is 6.54 Å². The molecule has 6 nitrogen and oxygen atoms in total. The first kappa shape index (κ1) is 13.0. The molecule has 100 valence electrons. The van der Waals surface area contributed by atoms with Crippen molar-refractivity contribution >= 4 is 17.8 Å². The molecule has 0 aliphatic carbocycles. The standard InChI is InChI=1S/C12H19N3O3/c1-3-15-10(17)12(2,9(16)14-11(15)18)8-4-6-13-7-5-8/h8,13H,3-7H2,1-2H3,(H,14,16,18). The highest BCUT2D eigenvalue weighted by Gasteiger charge is 2.54. The molecule has 2 fully saturated rings. The number of imide groups is 2. The third-order valence-corrected chi connectivity index (χ3v) is 4.10. The average Bonchev–Trinajstić information content (AvgIpc) is 2.38. The molecule has 18 heavy (non-hydrogen) atoms. The van der Waals surface area contributed by atoms with Crippen molar-refractivity contribution in [2.24, 2.45) is 11.3 Å². The normalized spacial score (nSPS) is 30.6. The van der Waals surface area contributed by atoms with Crippen LogP contribution in [0.25, 0.3) is 0 Å². The van der Waals surface area contributed by atoms with E-state index in [0.717, 1.165) is 30.8 Å².